The first kappa shape index (κ1) is 15.9. The summed E-state index contributed by atoms with van der Waals surface area (Å²) < 4.78 is 6.29. The molecule has 1 amide bonds. The molecule has 0 spiro atoms. The van der Waals surface area contributed by atoms with Crippen LogP contribution in [0.4, 0.5) is 5.82 Å². The molecular formula is C13H19N3O4. The molecule has 0 saturated heterocycles. The third-order valence-electron chi connectivity index (χ3n) is 2.53. The molecule has 7 heteroatoms. The highest BCUT2D eigenvalue weighted by molar-refractivity contribution is 5.87. The van der Waals surface area contributed by atoms with Crippen molar-refractivity contribution in [2.24, 2.45) is 0 Å². The first-order chi connectivity index (χ1) is 9.49. The van der Waals surface area contributed by atoms with E-state index in [9.17, 15) is 14.4 Å². The molecule has 1 heterocycles. The average molecular weight is 281 g/mol. The first-order valence-electron chi connectivity index (χ1n) is 6.47. The van der Waals surface area contributed by atoms with Crippen molar-refractivity contribution in [1.82, 2.24) is 9.55 Å². The number of unbranched alkanes of at least 4 members (excludes halogenated alkanes) is 2. The molecular weight excluding hydrogens is 262 g/mol. The second kappa shape index (κ2) is 8.08. The van der Waals surface area contributed by atoms with Crippen LogP contribution < -0.4 is 11.0 Å². The van der Waals surface area contributed by atoms with Gasteiger partial charge in [-0.1, -0.05) is 0 Å². The molecule has 20 heavy (non-hydrogen) atoms. The third-order valence-corrected chi connectivity index (χ3v) is 2.53. The summed E-state index contributed by atoms with van der Waals surface area (Å²) >= 11 is 0. The Kier molecular flexibility index (Phi) is 6.42. The van der Waals surface area contributed by atoms with Gasteiger partial charge in [-0.3, -0.25) is 14.2 Å². The fourth-order valence-corrected chi connectivity index (χ4v) is 1.63. The number of aromatic nitrogens is 2. The van der Waals surface area contributed by atoms with E-state index in [-0.39, 0.29) is 17.7 Å². The maximum Gasteiger partial charge on any atom is 0.349 e. The number of hydrogen-bond donors (Lipinski definition) is 1. The molecule has 0 fully saturated rings. The van der Waals surface area contributed by atoms with Gasteiger partial charge in [-0.2, -0.15) is 4.98 Å². The van der Waals surface area contributed by atoms with Crippen molar-refractivity contribution in [1.29, 1.82) is 0 Å². The maximum absolute atomic E-state index is 11.7. The van der Waals surface area contributed by atoms with Crippen molar-refractivity contribution >= 4 is 17.7 Å². The normalized spacial score (nSPS) is 10.1. The fourth-order valence-electron chi connectivity index (χ4n) is 1.63. The van der Waals surface area contributed by atoms with Gasteiger partial charge < -0.3 is 10.1 Å². The lowest BCUT2D eigenvalue weighted by molar-refractivity contribution is -0.141. The molecule has 110 valence electrons. The van der Waals surface area contributed by atoms with Crippen LogP contribution >= 0.6 is 0 Å². The standard InChI is InChI=1S/C13H19N3O4/c1-10(17)14-12-6-8-16(13(19)15-12)7-4-3-5-9-20-11(2)18/h6,8H,3-5,7,9H2,1-2H3,(H,14,15,17,19). The number of aryl methyl sites for hydroxylation is 1. The SMILES string of the molecule is CC(=O)Nc1ccn(CCCCCOC(C)=O)c(=O)n1. The second-order valence-corrected chi connectivity index (χ2v) is 4.37. The minimum atomic E-state index is -0.392. The van der Waals surface area contributed by atoms with Gasteiger partial charge in [-0.05, 0) is 25.3 Å². The highest BCUT2D eigenvalue weighted by atomic mass is 16.5. The molecule has 0 bridgehead atoms. The maximum atomic E-state index is 11.7. The molecule has 0 aliphatic rings. The van der Waals surface area contributed by atoms with Crippen LogP contribution in [-0.4, -0.2) is 28.0 Å². The Labute approximate surface area is 117 Å². The molecule has 1 rings (SSSR count). The minimum absolute atomic E-state index is 0.258. The Hall–Kier alpha value is -2.18. The van der Waals surface area contributed by atoms with Crippen LogP contribution in [0.3, 0.4) is 0 Å². The number of carbonyl (C=O) groups is 2. The van der Waals surface area contributed by atoms with E-state index in [1.807, 2.05) is 0 Å². The number of esters is 1. The quantitative estimate of drug-likeness (QED) is 0.593. The van der Waals surface area contributed by atoms with Crippen molar-refractivity contribution in [2.75, 3.05) is 11.9 Å². The first-order valence-corrected chi connectivity index (χ1v) is 6.47. The van der Waals surface area contributed by atoms with Gasteiger partial charge in [0.2, 0.25) is 5.91 Å². The van der Waals surface area contributed by atoms with Gasteiger partial charge in [0.25, 0.3) is 0 Å². The molecule has 0 saturated carbocycles. The Bertz CT molecular complexity index is 525. The van der Waals surface area contributed by atoms with Gasteiger partial charge in [0, 0.05) is 26.6 Å². The van der Waals surface area contributed by atoms with E-state index in [0.29, 0.717) is 13.2 Å². The van der Waals surface area contributed by atoms with Gasteiger partial charge >= 0.3 is 11.7 Å². The Morgan fingerprint density at radius 1 is 1.30 bits per heavy atom. The van der Waals surface area contributed by atoms with E-state index in [0.717, 1.165) is 19.3 Å². The molecule has 0 aliphatic carbocycles. The molecule has 0 radical (unpaired) electrons. The van der Waals surface area contributed by atoms with Crippen LogP contribution in [0, 0.1) is 0 Å². The predicted octanol–water partition coefficient (Wildman–Crippen LogP) is 0.935. The zero-order chi connectivity index (χ0) is 15.0. The van der Waals surface area contributed by atoms with E-state index >= 15 is 0 Å². The summed E-state index contributed by atoms with van der Waals surface area (Å²) in [6.07, 6.45) is 4.02. The number of ether oxygens (including phenoxy) is 1. The van der Waals surface area contributed by atoms with Gasteiger partial charge in [-0.25, -0.2) is 4.79 Å². The van der Waals surface area contributed by atoms with Gasteiger partial charge in [0.05, 0.1) is 6.61 Å². The molecule has 1 aromatic heterocycles. The summed E-state index contributed by atoms with van der Waals surface area (Å²) in [6.45, 7) is 3.69. The number of hydrogen-bond acceptors (Lipinski definition) is 5. The fraction of sp³-hybridized carbons (Fsp3) is 0.538. The molecule has 0 atom stereocenters. The number of nitrogens with one attached hydrogen (secondary N) is 1. The summed E-state index contributed by atoms with van der Waals surface area (Å²) in [5.74, 6) is -0.285. The van der Waals surface area contributed by atoms with E-state index in [2.05, 4.69) is 10.3 Å². The lowest BCUT2D eigenvalue weighted by Gasteiger charge is -2.06. The van der Waals surface area contributed by atoms with Crippen molar-refractivity contribution in [3.63, 3.8) is 0 Å². The summed E-state index contributed by atoms with van der Waals surface area (Å²) in [5, 5.41) is 2.46. The van der Waals surface area contributed by atoms with E-state index in [4.69, 9.17) is 4.74 Å². The van der Waals surface area contributed by atoms with Crippen LogP contribution in [0.5, 0.6) is 0 Å². The smallest absolute Gasteiger partial charge is 0.349 e. The number of nitrogens with zero attached hydrogens (tertiary/aromatic N) is 2. The van der Waals surface area contributed by atoms with Gasteiger partial charge in [0.1, 0.15) is 5.82 Å². The van der Waals surface area contributed by atoms with Gasteiger partial charge in [-0.15, -0.1) is 0 Å². The lowest BCUT2D eigenvalue weighted by Crippen LogP contribution is -2.24. The Balaban J connectivity index is 2.35. The van der Waals surface area contributed by atoms with E-state index in [1.54, 1.807) is 12.3 Å². The van der Waals surface area contributed by atoms with E-state index < -0.39 is 5.69 Å². The number of carbonyl (C=O) groups excluding carboxylic acids is 2. The molecule has 0 aliphatic heterocycles. The topological polar surface area (TPSA) is 90.3 Å². The lowest BCUT2D eigenvalue weighted by atomic mass is 10.2. The van der Waals surface area contributed by atoms with Crippen LogP contribution in [0.25, 0.3) is 0 Å². The van der Waals surface area contributed by atoms with Crippen molar-refractivity contribution in [3.8, 4) is 0 Å². The zero-order valence-corrected chi connectivity index (χ0v) is 11.7. The third kappa shape index (κ3) is 6.12. The Morgan fingerprint density at radius 2 is 2.05 bits per heavy atom. The van der Waals surface area contributed by atoms with Crippen LogP contribution in [0.15, 0.2) is 17.1 Å². The van der Waals surface area contributed by atoms with Crippen LogP contribution in [-0.2, 0) is 20.9 Å². The second-order valence-electron chi connectivity index (χ2n) is 4.37. The molecule has 1 aromatic rings. The van der Waals surface area contributed by atoms with Crippen molar-refractivity contribution in [3.05, 3.63) is 22.7 Å². The number of amides is 1. The molecule has 7 nitrogen and oxygen atoms in total. The summed E-state index contributed by atoms with van der Waals surface area (Å²) in [7, 11) is 0. The van der Waals surface area contributed by atoms with Crippen molar-refractivity contribution in [2.45, 2.75) is 39.7 Å². The van der Waals surface area contributed by atoms with Crippen LogP contribution in [0.2, 0.25) is 0 Å². The highest BCUT2D eigenvalue weighted by Gasteiger charge is 2.01. The summed E-state index contributed by atoms with van der Waals surface area (Å²) in [6, 6.07) is 1.58. The number of anilines is 1. The van der Waals surface area contributed by atoms with Gasteiger partial charge in [0.15, 0.2) is 0 Å². The average Bonchev–Trinajstić information content (AvgIpc) is 2.34. The van der Waals surface area contributed by atoms with E-state index in [1.165, 1.54) is 18.4 Å². The molecule has 1 N–H and O–H groups in total. The molecule has 0 aromatic carbocycles. The molecule has 0 unspecified atom stereocenters. The number of rotatable bonds is 7. The monoisotopic (exact) mass is 281 g/mol. The van der Waals surface area contributed by atoms with Crippen molar-refractivity contribution < 1.29 is 14.3 Å². The zero-order valence-electron chi connectivity index (χ0n) is 11.7. The van der Waals surface area contributed by atoms with Crippen LogP contribution in [0.1, 0.15) is 33.1 Å². The summed E-state index contributed by atoms with van der Waals surface area (Å²) in [5.41, 5.74) is -0.392. The summed E-state index contributed by atoms with van der Waals surface area (Å²) in [4.78, 5) is 36.8. The minimum Gasteiger partial charge on any atom is -0.466 e. The Morgan fingerprint density at radius 3 is 2.65 bits per heavy atom. The predicted molar refractivity (Wildman–Crippen MR) is 73.3 cm³/mol. The highest BCUT2D eigenvalue weighted by Crippen LogP contribution is 2.01. The largest absolute Gasteiger partial charge is 0.466 e.